The molecule has 0 spiro atoms. The lowest BCUT2D eigenvalue weighted by atomic mass is 9.92. The number of likely N-dealkylation sites (tertiary alicyclic amines) is 1. The molecule has 128 valence electrons. The third kappa shape index (κ3) is 4.76. The van der Waals surface area contributed by atoms with Crippen molar-refractivity contribution >= 4 is 21.8 Å². The second-order valence-corrected chi connectivity index (χ2v) is 7.16. The SMILES string of the molecule is COCCN1CCCC1CNC(=O)C(C)(N)c1ccc(Br)cc1. The van der Waals surface area contributed by atoms with E-state index in [0.29, 0.717) is 12.6 Å². The summed E-state index contributed by atoms with van der Waals surface area (Å²) in [6.07, 6.45) is 2.26. The molecule has 1 aromatic carbocycles. The summed E-state index contributed by atoms with van der Waals surface area (Å²) in [6, 6.07) is 7.93. The molecular weight excluding hydrogens is 358 g/mol. The number of hydrogen-bond acceptors (Lipinski definition) is 4. The number of nitrogens with one attached hydrogen (secondary N) is 1. The highest BCUT2D eigenvalue weighted by Crippen LogP contribution is 2.21. The van der Waals surface area contributed by atoms with Crippen LogP contribution in [-0.2, 0) is 15.1 Å². The second-order valence-electron chi connectivity index (χ2n) is 6.24. The zero-order valence-electron chi connectivity index (χ0n) is 13.8. The number of rotatable bonds is 7. The molecule has 0 aliphatic carbocycles. The predicted octanol–water partition coefficient (Wildman–Crippen LogP) is 1.85. The fraction of sp³-hybridized carbons (Fsp3) is 0.588. The Morgan fingerprint density at radius 1 is 1.48 bits per heavy atom. The van der Waals surface area contributed by atoms with Crippen molar-refractivity contribution in [3.8, 4) is 0 Å². The van der Waals surface area contributed by atoms with Crippen LogP contribution in [-0.4, -0.2) is 50.2 Å². The van der Waals surface area contributed by atoms with Gasteiger partial charge in [-0.3, -0.25) is 9.69 Å². The summed E-state index contributed by atoms with van der Waals surface area (Å²) in [4.78, 5) is 14.9. The molecule has 0 saturated carbocycles. The van der Waals surface area contributed by atoms with Crippen molar-refractivity contribution in [2.45, 2.75) is 31.3 Å². The number of hydrogen-bond donors (Lipinski definition) is 2. The number of ether oxygens (including phenoxy) is 1. The van der Waals surface area contributed by atoms with Crippen LogP contribution in [0.3, 0.4) is 0 Å². The Morgan fingerprint density at radius 2 is 2.17 bits per heavy atom. The summed E-state index contributed by atoms with van der Waals surface area (Å²) in [5.74, 6) is -0.140. The molecular formula is C17H26BrN3O2. The Hall–Kier alpha value is -0.950. The lowest BCUT2D eigenvalue weighted by Gasteiger charge is -2.28. The first-order chi connectivity index (χ1) is 10.9. The van der Waals surface area contributed by atoms with Crippen LogP contribution in [0.1, 0.15) is 25.3 Å². The van der Waals surface area contributed by atoms with Gasteiger partial charge < -0.3 is 15.8 Å². The zero-order valence-corrected chi connectivity index (χ0v) is 15.4. The normalized spacial score (nSPS) is 21.1. The largest absolute Gasteiger partial charge is 0.383 e. The fourth-order valence-electron chi connectivity index (χ4n) is 2.95. The van der Waals surface area contributed by atoms with Crippen LogP contribution in [0.5, 0.6) is 0 Å². The van der Waals surface area contributed by atoms with E-state index in [4.69, 9.17) is 10.5 Å². The molecule has 1 saturated heterocycles. The van der Waals surface area contributed by atoms with Gasteiger partial charge in [-0.05, 0) is 44.0 Å². The summed E-state index contributed by atoms with van der Waals surface area (Å²) in [5.41, 5.74) is 6.05. The summed E-state index contributed by atoms with van der Waals surface area (Å²) in [7, 11) is 1.71. The molecule has 1 aromatic rings. The van der Waals surface area contributed by atoms with Gasteiger partial charge in [0.25, 0.3) is 0 Å². The molecule has 3 N–H and O–H groups in total. The van der Waals surface area contributed by atoms with Gasteiger partial charge in [0.05, 0.1) is 6.61 Å². The number of benzene rings is 1. The first kappa shape index (κ1) is 18.4. The monoisotopic (exact) mass is 383 g/mol. The number of carbonyl (C=O) groups excluding carboxylic acids is 1. The summed E-state index contributed by atoms with van der Waals surface area (Å²) >= 11 is 3.39. The predicted molar refractivity (Wildman–Crippen MR) is 95.2 cm³/mol. The number of amides is 1. The van der Waals surface area contributed by atoms with Crippen molar-refractivity contribution in [3.63, 3.8) is 0 Å². The third-order valence-corrected chi connectivity index (χ3v) is 5.02. The molecule has 5 nitrogen and oxygen atoms in total. The van der Waals surface area contributed by atoms with E-state index in [-0.39, 0.29) is 5.91 Å². The Morgan fingerprint density at radius 3 is 2.83 bits per heavy atom. The number of nitrogens with zero attached hydrogens (tertiary/aromatic N) is 1. The lowest BCUT2D eigenvalue weighted by molar-refractivity contribution is -0.126. The zero-order chi connectivity index (χ0) is 16.9. The van der Waals surface area contributed by atoms with E-state index in [1.54, 1.807) is 14.0 Å². The molecule has 1 amide bonds. The standard InChI is InChI=1S/C17H26BrN3O2/c1-17(19,13-5-7-14(18)8-6-13)16(22)20-12-15-4-3-9-21(15)10-11-23-2/h5-8,15H,3-4,9-12,19H2,1-2H3,(H,20,22). The molecule has 1 fully saturated rings. The molecule has 2 unspecified atom stereocenters. The van der Waals surface area contributed by atoms with Crippen molar-refractivity contribution in [2.24, 2.45) is 5.73 Å². The van der Waals surface area contributed by atoms with Crippen LogP contribution in [0.2, 0.25) is 0 Å². The minimum absolute atomic E-state index is 0.140. The van der Waals surface area contributed by atoms with E-state index in [1.807, 2.05) is 24.3 Å². The molecule has 0 radical (unpaired) electrons. The van der Waals surface area contributed by atoms with Gasteiger partial charge >= 0.3 is 0 Å². The van der Waals surface area contributed by atoms with Gasteiger partial charge in [-0.1, -0.05) is 28.1 Å². The summed E-state index contributed by atoms with van der Waals surface area (Å²) in [5, 5.41) is 3.03. The van der Waals surface area contributed by atoms with E-state index in [2.05, 4.69) is 26.1 Å². The van der Waals surface area contributed by atoms with Gasteiger partial charge in [0.15, 0.2) is 0 Å². The second kappa shape index (κ2) is 8.24. The topological polar surface area (TPSA) is 67.6 Å². The highest BCUT2D eigenvalue weighted by Gasteiger charge is 2.32. The van der Waals surface area contributed by atoms with Gasteiger partial charge in [0.1, 0.15) is 5.54 Å². The van der Waals surface area contributed by atoms with Crippen LogP contribution >= 0.6 is 15.9 Å². The van der Waals surface area contributed by atoms with Gasteiger partial charge in [0, 0.05) is 30.7 Å². The molecule has 0 aromatic heterocycles. The van der Waals surface area contributed by atoms with Crippen LogP contribution in [0, 0.1) is 0 Å². The first-order valence-electron chi connectivity index (χ1n) is 8.01. The van der Waals surface area contributed by atoms with E-state index >= 15 is 0 Å². The molecule has 0 bridgehead atoms. The summed E-state index contributed by atoms with van der Waals surface area (Å²) < 4.78 is 6.12. The van der Waals surface area contributed by atoms with Crippen molar-refractivity contribution < 1.29 is 9.53 Å². The van der Waals surface area contributed by atoms with E-state index < -0.39 is 5.54 Å². The molecule has 2 atom stereocenters. The minimum Gasteiger partial charge on any atom is -0.383 e. The van der Waals surface area contributed by atoms with Gasteiger partial charge in [0.2, 0.25) is 5.91 Å². The quantitative estimate of drug-likeness (QED) is 0.753. The van der Waals surface area contributed by atoms with Gasteiger partial charge in [-0.2, -0.15) is 0 Å². The highest BCUT2D eigenvalue weighted by atomic mass is 79.9. The molecule has 2 rings (SSSR count). The Labute approximate surface area is 146 Å². The number of halogens is 1. The van der Waals surface area contributed by atoms with Crippen LogP contribution in [0.15, 0.2) is 28.7 Å². The fourth-order valence-corrected chi connectivity index (χ4v) is 3.21. The van der Waals surface area contributed by atoms with E-state index in [9.17, 15) is 4.79 Å². The molecule has 1 aliphatic rings. The van der Waals surface area contributed by atoms with Crippen molar-refractivity contribution in [2.75, 3.05) is 33.4 Å². The number of nitrogens with two attached hydrogens (primary N) is 1. The first-order valence-corrected chi connectivity index (χ1v) is 8.80. The number of methoxy groups -OCH3 is 1. The average Bonchev–Trinajstić information content (AvgIpc) is 2.98. The Balaban J connectivity index is 1.91. The molecule has 6 heteroatoms. The smallest absolute Gasteiger partial charge is 0.244 e. The average molecular weight is 384 g/mol. The minimum atomic E-state index is -1.03. The van der Waals surface area contributed by atoms with Crippen LogP contribution < -0.4 is 11.1 Å². The summed E-state index contributed by atoms with van der Waals surface area (Å²) in [6.45, 7) is 5.08. The maximum Gasteiger partial charge on any atom is 0.244 e. The van der Waals surface area contributed by atoms with Gasteiger partial charge in [-0.15, -0.1) is 0 Å². The Kier molecular flexibility index (Phi) is 6.59. The van der Waals surface area contributed by atoms with Crippen molar-refractivity contribution in [1.82, 2.24) is 10.2 Å². The van der Waals surface area contributed by atoms with E-state index in [0.717, 1.165) is 42.6 Å². The van der Waals surface area contributed by atoms with Crippen molar-refractivity contribution in [3.05, 3.63) is 34.3 Å². The highest BCUT2D eigenvalue weighted by molar-refractivity contribution is 9.10. The molecule has 23 heavy (non-hydrogen) atoms. The third-order valence-electron chi connectivity index (χ3n) is 4.50. The maximum absolute atomic E-state index is 12.5. The number of carbonyl (C=O) groups is 1. The molecule has 1 aliphatic heterocycles. The molecule has 1 heterocycles. The van der Waals surface area contributed by atoms with Crippen molar-refractivity contribution in [1.29, 1.82) is 0 Å². The van der Waals surface area contributed by atoms with Crippen LogP contribution in [0.25, 0.3) is 0 Å². The van der Waals surface area contributed by atoms with Gasteiger partial charge in [-0.25, -0.2) is 0 Å². The van der Waals surface area contributed by atoms with Crippen LogP contribution in [0.4, 0.5) is 0 Å². The maximum atomic E-state index is 12.5. The van der Waals surface area contributed by atoms with E-state index in [1.165, 1.54) is 0 Å². The lowest BCUT2D eigenvalue weighted by Crippen LogP contribution is -2.52. The Bertz CT molecular complexity index is 519.